The zero-order valence-electron chi connectivity index (χ0n) is 9.06. The highest BCUT2D eigenvalue weighted by molar-refractivity contribution is 6.16. The van der Waals surface area contributed by atoms with Gasteiger partial charge >= 0.3 is 5.97 Å². The number of fused-ring (bicyclic) bond motifs is 1. The molecule has 0 amide bonds. The molecular weight excluding hydrogens is 208 g/mol. The van der Waals surface area contributed by atoms with Gasteiger partial charge in [0.05, 0.1) is 7.11 Å². The Morgan fingerprint density at radius 3 is 2.62 bits per heavy atom. The number of methoxy groups -OCH3 is 1. The number of ether oxygens (including phenoxy) is 1. The predicted molar refractivity (Wildman–Crippen MR) is 55.9 cm³/mol. The van der Waals surface area contributed by atoms with Crippen LogP contribution in [0, 0.1) is 5.41 Å². The average Bonchev–Trinajstić information content (AvgIpc) is 2.52. The number of aliphatic hydroxyl groups excluding tert-OH is 1. The molecule has 0 saturated heterocycles. The van der Waals surface area contributed by atoms with Crippen molar-refractivity contribution in [2.24, 2.45) is 5.41 Å². The summed E-state index contributed by atoms with van der Waals surface area (Å²) in [6, 6.07) is 6.67. The Labute approximate surface area is 92.8 Å². The van der Waals surface area contributed by atoms with Crippen molar-refractivity contribution in [3.05, 3.63) is 35.4 Å². The number of carbonyl (C=O) groups excluding carboxylic acids is 2. The zero-order chi connectivity index (χ0) is 11.9. The summed E-state index contributed by atoms with van der Waals surface area (Å²) in [4.78, 5) is 23.7. The van der Waals surface area contributed by atoms with E-state index in [9.17, 15) is 14.7 Å². The molecule has 4 nitrogen and oxygen atoms in total. The van der Waals surface area contributed by atoms with Gasteiger partial charge in [-0.3, -0.25) is 9.59 Å². The maximum Gasteiger partial charge on any atom is 0.322 e. The number of esters is 1. The number of hydrogen-bond acceptors (Lipinski definition) is 4. The van der Waals surface area contributed by atoms with Gasteiger partial charge in [0.2, 0.25) is 0 Å². The van der Waals surface area contributed by atoms with Gasteiger partial charge in [-0.1, -0.05) is 24.3 Å². The molecule has 0 fully saturated rings. The van der Waals surface area contributed by atoms with Crippen molar-refractivity contribution in [1.29, 1.82) is 0 Å². The smallest absolute Gasteiger partial charge is 0.322 e. The summed E-state index contributed by atoms with van der Waals surface area (Å²) in [5.41, 5.74) is -0.637. The fourth-order valence-corrected chi connectivity index (χ4v) is 2.07. The van der Waals surface area contributed by atoms with E-state index in [0.29, 0.717) is 11.1 Å². The first-order valence-corrected chi connectivity index (χ1v) is 4.93. The molecule has 0 aromatic heterocycles. The quantitative estimate of drug-likeness (QED) is 0.568. The summed E-state index contributed by atoms with van der Waals surface area (Å²) >= 11 is 0. The van der Waals surface area contributed by atoms with Crippen LogP contribution in [0.4, 0.5) is 0 Å². The summed E-state index contributed by atoms with van der Waals surface area (Å²) in [5.74, 6) is -1.09. The van der Waals surface area contributed by atoms with Crippen molar-refractivity contribution < 1.29 is 19.4 Å². The molecule has 1 aliphatic carbocycles. The Morgan fingerprint density at radius 1 is 1.44 bits per heavy atom. The molecule has 2 rings (SSSR count). The molecule has 2 atom stereocenters. The van der Waals surface area contributed by atoms with Crippen LogP contribution in [0.1, 0.15) is 28.9 Å². The summed E-state index contributed by atoms with van der Waals surface area (Å²) in [7, 11) is 1.20. The number of carbonyl (C=O) groups is 2. The molecule has 0 aliphatic heterocycles. The SMILES string of the molecule is COC(=O)C1(C)C(=O)c2ccccc2C1O. The van der Waals surface area contributed by atoms with E-state index in [1.165, 1.54) is 14.0 Å². The van der Waals surface area contributed by atoms with Gasteiger partial charge in [0.1, 0.15) is 6.10 Å². The van der Waals surface area contributed by atoms with Crippen molar-refractivity contribution in [3.63, 3.8) is 0 Å². The number of rotatable bonds is 1. The van der Waals surface area contributed by atoms with E-state index in [4.69, 9.17) is 0 Å². The van der Waals surface area contributed by atoms with Crippen molar-refractivity contribution in [2.45, 2.75) is 13.0 Å². The van der Waals surface area contributed by atoms with Crippen LogP contribution >= 0.6 is 0 Å². The average molecular weight is 220 g/mol. The molecule has 0 bridgehead atoms. The lowest BCUT2D eigenvalue weighted by Gasteiger charge is -2.23. The van der Waals surface area contributed by atoms with E-state index >= 15 is 0 Å². The molecule has 0 saturated carbocycles. The van der Waals surface area contributed by atoms with Crippen LogP contribution in [0.5, 0.6) is 0 Å². The zero-order valence-corrected chi connectivity index (χ0v) is 9.06. The Kier molecular flexibility index (Phi) is 2.31. The van der Waals surface area contributed by atoms with E-state index in [1.807, 2.05) is 0 Å². The predicted octanol–water partition coefficient (Wildman–Crippen LogP) is 1.10. The van der Waals surface area contributed by atoms with E-state index in [0.717, 1.165) is 0 Å². The van der Waals surface area contributed by atoms with Gasteiger partial charge in [0.25, 0.3) is 0 Å². The third-order valence-corrected chi connectivity index (χ3v) is 3.13. The second-order valence-electron chi connectivity index (χ2n) is 4.01. The minimum Gasteiger partial charge on any atom is -0.468 e. The Morgan fingerprint density at radius 2 is 2.06 bits per heavy atom. The monoisotopic (exact) mass is 220 g/mol. The largest absolute Gasteiger partial charge is 0.468 e. The molecule has 2 unspecified atom stereocenters. The maximum absolute atomic E-state index is 12.1. The normalized spacial score (nSPS) is 27.7. The number of ketones is 1. The van der Waals surface area contributed by atoms with Crippen LogP contribution in [0.15, 0.2) is 24.3 Å². The van der Waals surface area contributed by atoms with Gasteiger partial charge in [0.15, 0.2) is 11.2 Å². The molecule has 16 heavy (non-hydrogen) atoms. The minimum atomic E-state index is -1.52. The van der Waals surface area contributed by atoms with Crippen molar-refractivity contribution in [3.8, 4) is 0 Å². The minimum absolute atomic E-state index is 0.387. The Balaban J connectivity index is 2.58. The van der Waals surface area contributed by atoms with Crippen molar-refractivity contribution >= 4 is 11.8 Å². The summed E-state index contributed by atoms with van der Waals surface area (Å²) < 4.78 is 4.59. The third-order valence-electron chi connectivity index (χ3n) is 3.13. The van der Waals surface area contributed by atoms with Gasteiger partial charge in [0, 0.05) is 5.56 Å². The van der Waals surface area contributed by atoms with Gasteiger partial charge in [-0.25, -0.2) is 0 Å². The maximum atomic E-state index is 12.1. The standard InChI is InChI=1S/C12H12O4/c1-12(11(15)16-2)9(13)7-5-3-4-6-8(7)10(12)14/h3-6,9,13H,1-2H3. The van der Waals surface area contributed by atoms with E-state index < -0.39 is 17.5 Å². The Hall–Kier alpha value is -1.68. The molecule has 1 aromatic rings. The second-order valence-corrected chi connectivity index (χ2v) is 4.01. The lowest BCUT2D eigenvalue weighted by Crippen LogP contribution is -2.38. The van der Waals surface area contributed by atoms with Gasteiger partial charge in [-0.05, 0) is 12.5 Å². The first-order chi connectivity index (χ1) is 7.53. The van der Waals surface area contributed by atoms with Crippen molar-refractivity contribution in [1.82, 2.24) is 0 Å². The fourth-order valence-electron chi connectivity index (χ4n) is 2.07. The lowest BCUT2D eigenvalue weighted by atomic mass is 9.84. The number of hydrogen-bond donors (Lipinski definition) is 1. The van der Waals surface area contributed by atoms with Crippen LogP contribution in [-0.2, 0) is 9.53 Å². The molecular formula is C12H12O4. The van der Waals surface area contributed by atoms with Crippen LogP contribution in [0.2, 0.25) is 0 Å². The van der Waals surface area contributed by atoms with Crippen LogP contribution in [0.25, 0.3) is 0 Å². The summed E-state index contributed by atoms with van der Waals surface area (Å²) in [6.07, 6.45) is -1.14. The molecule has 84 valence electrons. The number of Topliss-reactive ketones (excluding diaryl/α,β-unsaturated/α-hetero) is 1. The molecule has 4 heteroatoms. The molecule has 0 radical (unpaired) electrons. The summed E-state index contributed by atoms with van der Waals surface area (Å²) in [5, 5.41) is 10.1. The van der Waals surface area contributed by atoms with Gasteiger partial charge < -0.3 is 9.84 Å². The highest BCUT2D eigenvalue weighted by Crippen LogP contribution is 2.45. The van der Waals surface area contributed by atoms with Crippen LogP contribution in [0.3, 0.4) is 0 Å². The first kappa shape index (κ1) is 10.8. The summed E-state index contributed by atoms with van der Waals surface area (Å²) in [6.45, 7) is 1.41. The van der Waals surface area contributed by atoms with E-state index in [2.05, 4.69) is 4.74 Å². The van der Waals surface area contributed by atoms with Gasteiger partial charge in [-0.15, -0.1) is 0 Å². The number of aliphatic hydroxyl groups is 1. The van der Waals surface area contributed by atoms with Gasteiger partial charge in [-0.2, -0.15) is 0 Å². The first-order valence-electron chi connectivity index (χ1n) is 4.93. The molecule has 1 N–H and O–H groups in total. The molecule has 0 spiro atoms. The van der Waals surface area contributed by atoms with Crippen molar-refractivity contribution in [2.75, 3.05) is 7.11 Å². The van der Waals surface area contributed by atoms with Crippen LogP contribution < -0.4 is 0 Å². The number of benzene rings is 1. The van der Waals surface area contributed by atoms with Crippen LogP contribution in [-0.4, -0.2) is 24.0 Å². The topological polar surface area (TPSA) is 63.6 Å². The Bertz CT molecular complexity index is 466. The highest BCUT2D eigenvalue weighted by atomic mass is 16.5. The highest BCUT2D eigenvalue weighted by Gasteiger charge is 2.55. The molecule has 1 aromatic carbocycles. The van der Waals surface area contributed by atoms with E-state index in [-0.39, 0.29) is 5.78 Å². The molecule has 1 aliphatic rings. The molecule has 0 heterocycles. The van der Waals surface area contributed by atoms with E-state index in [1.54, 1.807) is 24.3 Å². The fraction of sp³-hybridized carbons (Fsp3) is 0.333. The second kappa shape index (κ2) is 3.42. The lowest BCUT2D eigenvalue weighted by molar-refractivity contribution is -0.154. The third kappa shape index (κ3) is 1.13.